The van der Waals surface area contributed by atoms with Gasteiger partial charge in [-0.2, -0.15) is 0 Å². The van der Waals surface area contributed by atoms with E-state index in [9.17, 15) is 9.90 Å². The number of hydrogen-bond donors (Lipinski definition) is 1. The Labute approximate surface area is 113 Å². The molecule has 1 aliphatic carbocycles. The van der Waals surface area contributed by atoms with Crippen molar-refractivity contribution < 1.29 is 19.4 Å². The van der Waals surface area contributed by atoms with Gasteiger partial charge in [0.1, 0.15) is 12.2 Å². The molecule has 0 aromatic rings. The van der Waals surface area contributed by atoms with Crippen molar-refractivity contribution in [2.45, 2.75) is 57.0 Å². The third kappa shape index (κ3) is 2.03. The number of hydrogen-bond acceptors (Lipinski definition) is 4. The second-order valence-corrected chi connectivity index (χ2v) is 6.09. The van der Waals surface area contributed by atoms with Gasteiger partial charge in [0.05, 0.1) is 11.7 Å². The molecule has 0 radical (unpaired) electrons. The molecule has 2 fully saturated rings. The van der Waals surface area contributed by atoms with E-state index in [4.69, 9.17) is 9.47 Å². The predicted molar refractivity (Wildman–Crippen MR) is 69.4 cm³/mol. The molecule has 3 aliphatic rings. The van der Waals surface area contributed by atoms with Crippen LogP contribution >= 0.6 is 0 Å². The maximum atomic E-state index is 11.7. The molecule has 2 saturated heterocycles. The summed E-state index contributed by atoms with van der Waals surface area (Å²) in [6.45, 7) is 7.81. The van der Waals surface area contributed by atoms with Crippen LogP contribution in [0.15, 0.2) is 23.8 Å². The molecule has 4 heteroatoms. The number of aliphatic hydroxyl groups excluding tert-OH is 1. The summed E-state index contributed by atoms with van der Waals surface area (Å²) in [4.78, 5) is 11.7. The van der Waals surface area contributed by atoms with Crippen molar-refractivity contribution in [3.8, 4) is 0 Å². The fourth-order valence-corrected chi connectivity index (χ4v) is 3.20. The molecule has 3 rings (SSSR count). The van der Waals surface area contributed by atoms with Crippen LogP contribution in [0.1, 0.15) is 33.1 Å². The zero-order chi connectivity index (χ0) is 13.8. The predicted octanol–water partition coefficient (Wildman–Crippen LogP) is 1.73. The SMILES string of the molecule is C=C1C(=O)O[C@H]2C1C[C@@H](O)/C(C)=C\CC[C@@]1(C)O[C@@H]21. The molecule has 19 heavy (non-hydrogen) atoms. The lowest BCUT2D eigenvalue weighted by molar-refractivity contribution is -0.140. The number of allylic oxidation sites excluding steroid dienone is 1. The third-order valence-corrected chi connectivity index (χ3v) is 4.70. The maximum absolute atomic E-state index is 11.7. The van der Waals surface area contributed by atoms with Crippen LogP contribution in [0.25, 0.3) is 0 Å². The van der Waals surface area contributed by atoms with Gasteiger partial charge in [-0.1, -0.05) is 12.7 Å². The highest BCUT2D eigenvalue weighted by molar-refractivity contribution is 5.91. The highest BCUT2D eigenvalue weighted by Gasteiger charge is 2.61. The Hall–Kier alpha value is -1.13. The Morgan fingerprint density at radius 1 is 1.53 bits per heavy atom. The maximum Gasteiger partial charge on any atom is 0.334 e. The lowest BCUT2D eigenvalue weighted by Gasteiger charge is -2.22. The fourth-order valence-electron chi connectivity index (χ4n) is 3.20. The lowest BCUT2D eigenvalue weighted by atomic mass is 9.83. The van der Waals surface area contributed by atoms with E-state index >= 15 is 0 Å². The van der Waals surface area contributed by atoms with Crippen molar-refractivity contribution in [1.29, 1.82) is 0 Å². The van der Waals surface area contributed by atoms with Crippen molar-refractivity contribution >= 4 is 5.97 Å². The van der Waals surface area contributed by atoms with E-state index in [1.165, 1.54) is 0 Å². The second kappa shape index (κ2) is 4.18. The Morgan fingerprint density at radius 2 is 2.26 bits per heavy atom. The minimum absolute atomic E-state index is 0.0558. The Kier molecular flexibility index (Phi) is 2.84. The molecule has 2 aliphatic heterocycles. The minimum Gasteiger partial charge on any atom is -0.455 e. The number of epoxide rings is 1. The van der Waals surface area contributed by atoms with E-state index in [0.717, 1.165) is 18.4 Å². The largest absolute Gasteiger partial charge is 0.455 e. The topological polar surface area (TPSA) is 59.1 Å². The van der Waals surface area contributed by atoms with Gasteiger partial charge >= 0.3 is 5.97 Å². The molecule has 1 N–H and O–H groups in total. The summed E-state index contributed by atoms with van der Waals surface area (Å²) in [5.41, 5.74) is 1.22. The monoisotopic (exact) mass is 264 g/mol. The van der Waals surface area contributed by atoms with Gasteiger partial charge in [0.15, 0.2) is 0 Å². The number of aliphatic hydroxyl groups is 1. The number of carbonyl (C=O) groups excluding carboxylic acids is 1. The normalized spacial score (nSPS) is 48.7. The summed E-state index contributed by atoms with van der Waals surface area (Å²) in [5, 5.41) is 10.2. The van der Waals surface area contributed by atoms with Crippen LogP contribution in [0.5, 0.6) is 0 Å². The van der Waals surface area contributed by atoms with Crippen LogP contribution in [0.2, 0.25) is 0 Å². The summed E-state index contributed by atoms with van der Waals surface area (Å²) < 4.78 is 11.2. The number of ether oxygens (including phenoxy) is 2. The summed E-state index contributed by atoms with van der Waals surface area (Å²) in [6.07, 6.45) is 3.42. The van der Waals surface area contributed by atoms with Gasteiger partial charge in [0, 0.05) is 11.5 Å². The summed E-state index contributed by atoms with van der Waals surface area (Å²) in [7, 11) is 0. The summed E-state index contributed by atoms with van der Waals surface area (Å²) in [5.74, 6) is -0.489. The molecule has 1 unspecified atom stereocenters. The Bertz CT molecular complexity index is 467. The smallest absolute Gasteiger partial charge is 0.334 e. The van der Waals surface area contributed by atoms with Crippen molar-refractivity contribution in [3.05, 3.63) is 23.8 Å². The molecule has 2 heterocycles. The van der Waals surface area contributed by atoms with Gasteiger partial charge in [-0.05, 0) is 38.7 Å². The number of fused-ring (bicyclic) bond motifs is 3. The Morgan fingerprint density at radius 3 is 3.00 bits per heavy atom. The summed E-state index contributed by atoms with van der Waals surface area (Å²) in [6, 6.07) is 0. The average molecular weight is 264 g/mol. The van der Waals surface area contributed by atoms with Crippen LogP contribution in [0.4, 0.5) is 0 Å². The number of rotatable bonds is 0. The first-order valence-electron chi connectivity index (χ1n) is 6.85. The summed E-state index contributed by atoms with van der Waals surface area (Å²) >= 11 is 0. The van der Waals surface area contributed by atoms with Gasteiger partial charge < -0.3 is 14.6 Å². The van der Waals surface area contributed by atoms with Crippen molar-refractivity contribution in [3.63, 3.8) is 0 Å². The first kappa shape index (κ1) is 12.9. The van der Waals surface area contributed by atoms with Crippen LogP contribution in [0, 0.1) is 5.92 Å². The third-order valence-electron chi connectivity index (χ3n) is 4.70. The van der Waals surface area contributed by atoms with Gasteiger partial charge in [0.25, 0.3) is 0 Å². The first-order valence-corrected chi connectivity index (χ1v) is 6.85. The van der Waals surface area contributed by atoms with Crippen LogP contribution in [-0.4, -0.2) is 35.0 Å². The molecule has 0 spiro atoms. The molecular formula is C15H20O4. The highest BCUT2D eigenvalue weighted by Crippen LogP contribution is 2.49. The van der Waals surface area contributed by atoms with E-state index in [1.807, 2.05) is 6.92 Å². The molecule has 5 atom stereocenters. The highest BCUT2D eigenvalue weighted by atomic mass is 16.6. The van der Waals surface area contributed by atoms with Crippen molar-refractivity contribution in [1.82, 2.24) is 0 Å². The minimum atomic E-state index is -0.540. The van der Waals surface area contributed by atoms with E-state index in [1.54, 1.807) is 0 Å². The quantitative estimate of drug-likeness (QED) is 0.313. The molecular weight excluding hydrogens is 244 g/mol. The molecule has 4 nitrogen and oxygen atoms in total. The van der Waals surface area contributed by atoms with Crippen LogP contribution in [-0.2, 0) is 14.3 Å². The zero-order valence-corrected chi connectivity index (χ0v) is 11.4. The standard InChI is InChI=1S/C15H20O4/c1-8-5-4-6-15(3)13(19-15)12-10(7-11(8)16)9(2)14(17)18-12/h5,10-13,16H,2,4,6-7H2,1,3H3/b8-5-/t10?,11-,12+,13+,15-/m1/s1. The Balaban J connectivity index is 1.91. The van der Waals surface area contributed by atoms with E-state index in [0.29, 0.717) is 12.0 Å². The van der Waals surface area contributed by atoms with E-state index < -0.39 is 6.10 Å². The van der Waals surface area contributed by atoms with Crippen molar-refractivity contribution in [2.75, 3.05) is 0 Å². The fraction of sp³-hybridized carbons (Fsp3) is 0.667. The van der Waals surface area contributed by atoms with Crippen LogP contribution in [0.3, 0.4) is 0 Å². The molecule has 0 saturated carbocycles. The molecule has 0 aromatic carbocycles. The number of esters is 1. The van der Waals surface area contributed by atoms with E-state index in [2.05, 4.69) is 19.6 Å². The first-order chi connectivity index (χ1) is 8.92. The molecule has 0 aromatic heterocycles. The van der Waals surface area contributed by atoms with Gasteiger partial charge in [-0.15, -0.1) is 0 Å². The van der Waals surface area contributed by atoms with E-state index in [-0.39, 0.29) is 29.7 Å². The average Bonchev–Trinajstić information content (AvgIpc) is 2.95. The molecule has 0 bridgehead atoms. The molecule has 0 amide bonds. The van der Waals surface area contributed by atoms with Gasteiger partial charge in [0.2, 0.25) is 0 Å². The zero-order valence-electron chi connectivity index (χ0n) is 11.4. The number of carbonyl (C=O) groups is 1. The van der Waals surface area contributed by atoms with Crippen molar-refractivity contribution in [2.24, 2.45) is 5.92 Å². The molecule has 104 valence electrons. The van der Waals surface area contributed by atoms with Gasteiger partial charge in [-0.25, -0.2) is 4.79 Å². The van der Waals surface area contributed by atoms with Crippen LogP contribution < -0.4 is 0 Å². The van der Waals surface area contributed by atoms with Gasteiger partial charge in [-0.3, -0.25) is 0 Å². The lowest BCUT2D eigenvalue weighted by Crippen LogP contribution is -2.31. The second-order valence-electron chi connectivity index (χ2n) is 6.09.